The van der Waals surface area contributed by atoms with Crippen LogP contribution in [-0.2, 0) is 6.42 Å². The van der Waals surface area contributed by atoms with Crippen LogP contribution in [0.4, 0.5) is 0 Å². The van der Waals surface area contributed by atoms with Crippen LogP contribution < -0.4 is 5.69 Å². The van der Waals surface area contributed by atoms with Crippen molar-refractivity contribution in [1.29, 1.82) is 0 Å². The molecule has 1 unspecified atom stereocenters. The van der Waals surface area contributed by atoms with Crippen molar-refractivity contribution in [2.75, 3.05) is 13.6 Å². The van der Waals surface area contributed by atoms with Crippen LogP contribution in [0.5, 0.6) is 5.88 Å². The number of piperidine rings is 1. The second-order valence-corrected chi connectivity index (χ2v) is 7.14. The molecule has 5 rings (SSSR count). The molecule has 3 aromatic rings. The summed E-state index contributed by atoms with van der Waals surface area (Å²) in [7, 11) is 2.14. The highest BCUT2D eigenvalue weighted by Gasteiger charge is 2.40. The summed E-state index contributed by atoms with van der Waals surface area (Å²) in [6.45, 7) is 0.814. The molecule has 124 valence electrons. The molecule has 6 heteroatoms. The average Bonchev–Trinajstić information content (AvgIpc) is 3.12. The van der Waals surface area contributed by atoms with Crippen molar-refractivity contribution in [3.8, 4) is 5.88 Å². The lowest BCUT2D eigenvalue weighted by Gasteiger charge is -2.45. The normalized spacial score (nSPS) is 26.6. The Hall–Kier alpha value is -2.47. The first-order valence-electron chi connectivity index (χ1n) is 8.41. The number of nitrogens with zero attached hydrogens (tertiary/aromatic N) is 2. The van der Waals surface area contributed by atoms with E-state index in [-0.39, 0.29) is 17.6 Å². The van der Waals surface area contributed by atoms with Gasteiger partial charge in [-0.05, 0) is 37.1 Å². The lowest BCUT2D eigenvalue weighted by atomic mass is 9.74. The maximum absolute atomic E-state index is 12.1. The number of H-pyrrole nitrogens is 2. The Morgan fingerprint density at radius 3 is 3.00 bits per heavy atom. The van der Waals surface area contributed by atoms with Crippen LogP contribution in [0, 0.1) is 0 Å². The van der Waals surface area contributed by atoms with E-state index in [0.29, 0.717) is 12.0 Å². The lowest BCUT2D eigenvalue weighted by molar-refractivity contribution is 0.114. The highest BCUT2D eigenvalue weighted by Crippen LogP contribution is 2.45. The summed E-state index contributed by atoms with van der Waals surface area (Å²) in [5.41, 5.74) is 3.73. The molecular formula is C18H20N4O2. The minimum absolute atomic E-state index is 0.0663. The number of aromatic nitrogens is 3. The van der Waals surface area contributed by atoms with E-state index in [9.17, 15) is 9.90 Å². The SMILES string of the molecule is CN1CC(n2cc(O)[nH]c2=O)C[C@@H]2c3cccc4[nH]cc(c34)C[C@H]21. The number of rotatable bonds is 1. The number of hydrogen-bond donors (Lipinski definition) is 3. The molecule has 6 nitrogen and oxygen atoms in total. The number of aromatic amines is 2. The van der Waals surface area contributed by atoms with Crippen LogP contribution >= 0.6 is 0 Å². The molecule has 1 saturated heterocycles. The molecule has 1 fully saturated rings. The van der Waals surface area contributed by atoms with Crippen LogP contribution in [0.1, 0.15) is 29.5 Å². The molecule has 0 spiro atoms. The van der Waals surface area contributed by atoms with E-state index in [1.165, 1.54) is 28.2 Å². The van der Waals surface area contributed by atoms with Crippen LogP contribution in [0.2, 0.25) is 0 Å². The average molecular weight is 324 g/mol. The number of nitrogens with one attached hydrogen (secondary N) is 2. The smallest absolute Gasteiger partial charge is 0.328 e. The molecule has 0 radical (unpaired) electrons. The van der Waals surface area contributed by atoms with Gasteiger partial charge in [-0.15, -0.1) is 0 Å². The minimum Gasteiger partial charge on any atom is -0.493 e. The Morgan fingerprint density at radius 1 is 1.33 bits per heavy atom. The third kappa shape index (κ3) is 1.83. The van der Waals surface area contributed by atoms with Crippen LogP contribution in [0.25, 0.3) is 10.9 Å². The number of hydrogen-bond acceptors (Lipinski definition) is 3. The standard InChI is InChI=1S/C18H20N4O2/c1-21-8-11(22-9-16(23)20-18(22)24)6-13-12-3-2-4-14-17(12)10(7-19-14)5-15(13)21/h2-4,7,9,11,13,15,19,23H,5-6,8H2,1H3,(H,20,24)/t11?,13-,15-/m1/s1. The number of fused-ring (bicyclic) bond motifs is 2. The van der Waals surface area contributed by atoms with Gasteiger partial charge in [0, 0.05) is 35.6 Å². The van der Waals surface area contributed by atoms with Crippen LogP contribution in [0.15, 0.2) is 35.4 Å². The number of benzene rings is 1. The predicted octanol–water partition coefficient (Wildman–Crippen LogP) is 1.95. The van der Waals surface area contributed by atoms with Crippen molar-refractivity contribution in [3.05, 3.63) is 52.2 Å². The third-order valence-corrected chi connectivity index (χ3v) is 5.83. The fourth-order valence-corrected chi connectivity index (χ4v) is 4.78. The lowest BCUT2D eigenvalue weighted by Crippen LogP contribution is -2.49. The molecule has 24 heavy (non-hydrogen) atoms. The molecular weight excluding hydrogens is 304 g/mol. The summed E-state index contributed by atoms with van der Waals surface area (Å²) < 4.78 is 1.65. The van der Waals surface area contributed by atoms with Gasteiger partial charge < -0.3 is 15.0 Å². The molecule has 0 amide bonds. The molecule has 3 heterocycles. The fraction of sp³-hybridized carbons (Fsp3) is 0.389. The maximum atomic E-state index is 12.1. The predicted molar refractivity (Wildman–Crippen MR) is 91.5 cm³/mol. The van der Waals surface area contributed by atoms with Crippen molar-refractivity contribution in [1.82, 2.24) is 19.4 Å². The van der Waals surface area contributed by atoms with Crippen molar-refractivity contribution >= 4 is 10.9 Å². The zero-order chi connectivity index (χ0) is 16.4. The van der Waals surface area contributed by atoms with Crippen molar-refractivity contribution in [2.24, 2.45) is 0 Å². The first-order chi connectivity index (χ1) is 11.6. The van der Waals surface area contributed by atoms with Gasteiger partial charge in [-0.2, -0.15) is 0 Å². The van der Waals surface area contributed by atoms with E-state index in [2.05, 4.69) is 46.3 Å². The maximum Gasteiger partial charge on any atom is 0.328 e. The molecule has 1 aromatic carbocycles. The molecule has 1 aliphatic carbocycles. The third-order valence-electron chi connectivity index (χ3n) is 5.83. The van der Waals surface area contributed by atoms with E-state index in [0.717, 1.165) is 19.4 Å². The number of imidazole rings is 1. The summed E-state index contributed by atoms with van der Waals surface area (Å²) in [6.07, 6.45) is 5.61. The Bertz CT molecular complexity index is 982. The molecule has 3 N–H and O–H groups in total. The Balaban J connectivity index is 1.61. The van der Waals surface area contributed by atoms with Gasteiger partial charge in [0.15, 0.2) is 0 Å². The number of aromatic hydroxyl groups is 1. The van der Waals surface area contributed by atoms with Gasteiger partial charge in [-0.1, -0.05) is 12.1 Å². The summed E-state index contributed by atoms with van der Waals surface area (Å²) in [5.74, 6) is 0.327. The van der Waals surface area contributed by atoms with Gasteiger partial charge in [0.05, 0.1) is 12.2 Å². The van der Waals surface area contributed by atoms with E-state index in [4.69, 9.17) is 0 Å². The first kappa shape index (κ1) is 13.9. The Labute approximate surface area is 138 Å². The van der Waals surface area contributed by atoms with Crippen molar-refractivity contribution < 1.29 is 5.11 Å². The van der Waals surface area contributed by atoms with E-state index in [1.807, 2.05) is 0 Å². The number of likely N-dealkylation sites (N-methyl/N-ethyl adjacent to an activating group) is 1. The molecule has 2 aliphatic rings. The van der Waals surface area contributed by atoms with Crippen LogP contribution in [-0.4, -0.2) is 44.2 Å². The quantitative estimate of drug-likeness (QED) is 0.640. The highest BCUT2D eigenvalue weighted by molar-refractivity contribution is 5.88. The van der Waals surface area contributed by atoms with Gasteiger partial charge >= 0.3 is 5.69 Å². The second-order valence-electron chi connectivity index (χ2n) is 7.14. The summed E-state index contributed by atoms with van der Waals surface area (Å²) >= 11 is 0. The Morgan fingerprint density at radius 2 is 2.21 bits per heavy atom. The largest absolute Gasteiger partial charge is 0.493 e. The van der Waals surface area contributed by atoms with E-state index < -0.39 is 0 Å². The van der Waals surface area contributed by atoms with Crippen LogP contribution in [0.3, 0.4) is 0 Å². The van der Waals surface area contributed by atoms with Gasteiger partial charge in [0.1, 0.15) is 0 Å². The number of likely N-dealkylation sites (tertiary alicyclic amines) is 1. The fourth-order valence-electron chi connectivity index (χ4n) is 4.78. The minimum atomic E-state index is -0.235. The molecule has 2 aromatic heterocycles. The molecule has 1 aliphatic heterocycles. The summed E-state index contributed by atoms with van der Waals surface area (Å²) in [6, 6.07) is 6.99. The molecule has 3 atom stereocenters. The van der Waals surface area contributed by atoms with Gasteiger partial charge in [-0.3, -0.25) is 9.55 Å². The zero-order valence-corrected chi connectivity index (χ0v) is 13.5. The monoisotopic (exact) mass is 324 g/mol. The van der Waals surface area contributed by atoms with E-state index >= 15 is 0 Å². The second kappa shape index (κ2) is 4.77. The van der Waals surface area contributed by atoms with Gasteiger partial charge in [0.25, 0.3) is 0 Å². The first-order valence-corrected chi connectivity index (χ1v) is 8.41. The topological polar surface area (TPSA) is 77.0 Å². The van der Waals surface area contributed by atoms with Crippen molar-refractivity contribution in [3.63, 3.8) is 0 Å². The molecule has 0 bridgehead atoms. The van der Waals surface area contributed by atoms with Gasteiger partial charge in [0.2, 0.25) is 5.88 Å². The van der Waals surface area contributed by atoms with Crippen molar-refractivity contribution in [2.45, 2.75) is 30.8 Å². The molecule has 0 saturated carbocycles. The highest BCUT2D eigenvalue weighted by atomic mass is 16.3. The zero-order valence-electron chi connectivity index (χ0n) is 13.5. The van der Waals surface area contributed by atoms with Gasteiger partial charge in [-0.25, -0.2) is 4.79 Å². The summed E-state index contributed by atoms with van der Waals surface area (Å²) in [5, 5.41) is 11.0. The summed E-state index contributed by atoms with van der Waals surface area (Å²) in [4.78, 5) is 20.3. The Kier molecular flexibility index (Phi) is 2.77. The van der Waals surface area contributed by atoms with E-state index in [1.54, 1.807) is 4.57 Å².